The highest BCUT2D eigenvalue weighted by Gasteiger charge is 2.14. The molecule has 1 aliphatic carbocycles. The fourth-order valence-corrected chi connectivity index (χ4v) is 2.24. The topological polar surface area (TPSA) is 38.3 Å². The van der Waals surface area contributed by atoms with Crippen LogP contribution in [-0.2, 0) is 22.4 Å². The molecular formula is C14H19NO2. The number of hydrogen-bond acceptors (Lipinski definition) is 3. The Morgan fingerprint density at radius 1 is 1.41 bits per heavy atom. The van der Waals surface area contributed by atoms with E-state index < -0.39 is 0 Å². The molecule has 3 heteroatoms. The first kappa shape index (κ1) is 12.0. The monoisotopic (exact) mass is 233 g/mol. The summed E-state index contributed by atoms with van der Waals surface area (Å²) in [5.41, 5.74) is 4.01. The van der Waals surface area contributed by atoms with Gasteiger partial charge in [-0.1, -0.05) is 13.0 Å². The Balaban J connectivity index is 1.93. The van der Waals surface area contributed by atoms with Crippen molar-refractivity contribution in [3.05, 3.63) is 29.3 Å². The lowest BCUT2D eigenvalue weighted by atomic mass is 10.1. The summed E-state index contributed by atoms with van der Waals surface area (Å²) in [4.78, 5) is 11.3. The Bertz CT molecular complexity index is 415. The van der Waals surface area contributed by atoms with Gasteiger partial charge in [0, 0.05) is 12.2 Å². The van der Waals surface area contributed by atoms with Crippen LogP contribution in [-0.4, -0.2) is 19.6 Å². The van der Waals surface area contributed by atoms with Gasteiger partial charge in [-0.2, -0.15) is 0 Å². The van der Waals surface area contributed by atoms with E-state index in [9.17, 15) is 4.79 Å². The first-order valence-corrected chi connectivity index (χ1v) is 6.14. The van der Waals surface area contributed by atoms with E-state index in [4.69, 9.17) is 4.74 Å². The van der Waals surface area contributed by atoms with Gasteiger partial charge in [-0.3, -0.25) is 4.79 Å². The zero-order valence-corrected chi connectivity index (χ0v) is 10.5. The third-order valence-corrected chi connectivity index (χ3v) is 3.31. The van der Waals surface area contributed by atoms with Crippen LogP contribution in [0.5, 0.6) is 0 Å². The summed E-state index contributed by atoms with van der Waals surface area (Å²) in [7, 11) is 1.42. The summed E-state index contributed by atoms with van der Waals surface area (Å²) < 4.78 is 4.70. The van der Waals surface area contributed by atoms with Crippen LogP contribution in [0.4, 0.5) is 5.69 Å². The first-order valence-electron chi connectivity index (χ1n) is 6.14. The van der Waals surface area contributed by atoms with E-state index in [2.05, 4.69) is 23.5 Å². The number of carbonyl (C=O) groups excluding carboxylic acids is 1. The zero-order valence-electron chi connectivity index (χ0n) is 10.5. The number of hydrogen-bond donors (Lipinski definition) is 1. The fourth-order valence-electron chi connectivity index (χ4n) is 2.24. The van der Waals surface area contributed by atoms with E-state index in [1.165, 1.54) is 37.5 Å². The summed E-state index contributed by atoms with van der Waals surface area (Å²) in [6.45, 7) is 2.48. The lowest BCUT2D eigenvalue weighted by Gasteiger charge is -2.12. The Morgan fingerprint density at radius 2 is 2.18 bits per heavy atom. The Morgan fingerprint density at radius 3 is 2.94 bits per heavy atom. The predicted octanol–water partition coefficient (Wildman–Crippen LogP) is 2.40. The maximum atomic E-state index is 11.3. The van der Waals surface area contributed by atoms with E-state index in [1.54, 1.807) is 0 Å². The largest absolute Gasteiger partial charge is 0.469 e. The van der Waals surface area contributed by atoms with E-state index in [1.807, 2.05) is 6.92 Å². The number of fused-ring (bicyclic) bond motifs is 1. The summed E-state index contributed by atoms with van der Waals surface area (Å²) in [6, 6.07) is 6.48. The number of ether oxygens (including phenoxy) is 1. The molecular weight excluding hydrogens is 214 g/mol. The molecule has 3 nitrogen and oxygen atoms in total. The van der Waals surface area contributed by atoms with Gasteiger partial charge >= 0.3 is 5.97 Å². The SMILES string of the molecule is COC(=O)C(C)CNc1ccc2c(c1)CCC2. The maximum absolute atomic E-state index is 11.3. The molecule has 0 saturated heterocycles. The second-order valence-electron chi connectivity index (χ2n) is 4.64. The minimum Gasteiger partial charge on any atom is -0.469 e. The van der Waals surface area contributed by atoms with Crippen LogP contribution in [0.25, 0.3) is 0 Å². The van der Waals surface area contributed by atoms with Gasteiger partial charge in [-0.15, -0.1) is 0 Å². The van der Waals surface area contributed by atoms with Gasteiger partial charge in [0.2, 0.25) is 0 Å². The van der Waals surface area contributed by atoms with Crippen molar-refractivity contribution in [1.29, 1.82) is 0 Å². The second-order valence-corrected chi connectivity index (χ2v) is 4.64. The average molecular weight is 233 g/mol. The number of carbonyl (C=O) groups is 1. The highest BCUT2D eigenvalue weighted by Crippen LogP contribution is 2.24. The van der Waals surface area contributed by atoms with Crippen LogP contribution < -0.4 is 5.32 Å². The quantitative estimate of drug-likeness (QED) is 0.811. The molecule has 0 aromatic heterocycles. The molecule has 1 atom stereocenters. The molecule has 1 unspecified atom stereocenters. The highest BCUT2D eigenvalue weighted by molar-refractivity contribution is 5.72. The van der Waals surface area contributed by atoms with Crippen LogP contribution in [0.15, 0.2) is 18.2 Å². The summed E-state index contributed by atoms with van der Waals surface area (Å²) in [6.07, 6.45) is 3.64. The van der Waals surface area contributed by atoms with Gasteiger partial charge in [-0.05, 0) is 42.5 Å². The number of nitrogens with one attached hydrogen (secondary N) is 1. The molecule has 1 aliphatic rings. The Hall–Kier alpha value is -1.51. The number of aryl methyl sites for hydroxylation is 2. The van der Waals surface area contributed by atoms with Gasteiger partial charge in [0.05, 0.1) is 13.0 Å². The van der Waals surface area contributed by atoms with Crippen molar-refractivity contribution in [1.82, 2.24) is 0 Å². The molecule has 0 saturated carbocycles. The number of rotatable bonds is 4. The van der Waals surface area contributed by atoms with Crippen LogP contribution >= 0.6 is 0 Å². The number of methoxy groups -OCH3 is 1. The van der Waals surface area contributed by atoms with Crippen molar-refractivity contribution < 1.29 is 9.53 Å². The van der Waals surface area contributed by atoms with Crippen LogP contribution in [0, 0.1) is 5.92 Å². The number of benzene rings is 1. The smallest absolute Gasteiger partial charge is 0.310 e. The third-order valence-electron chi connectivity index (χ3n) is 3.31. The molecule has 1 N–H and O–H groups in total. The van der Waals surface area contributed by atoms with Gasteiger partial charge in [0.1, 0.15) is 0 Å². The molecule has 0 spiro atoms. The highest BCUT2D eigenvalue weighted by atomic mass is 16.5. The molecule has 0 radical (unpaired) electrons. The summed E-state index contributed by atoms with van der Waals surface area (Å²) >= 11 is 0. The standard InChI is InChI=1S/C14H19NO2/c1-10(14(16)17-2)9-15-13-7-6-11-4-3-5-12(11)8-13/h6-8,10,15H,3-5,9H2,1-2H3. The van der Waals surface area contributed by atoms with E-state index in [0.29, 0.717) is 6.54 Å². The number of anilines is 1. The minimum atomic E-state index is -0.168. The Labute approximate surface area is 102 Å². The molecule has 92 valence electrons. The van der Waals surface area contributed by atoms with Crippen LogP contribution in [0.1, 0.15) is 24.5 Å². The van der Waals surface area contributed by atoms with Crippen molar-refractivity contribution in [2.24, 2.45) is 5.92 Å². The lowest BCUT2D eigenvalue weighted by Crippen LogP contribution is -2.21. The van der Waals surface area contributed by atoms with Crippen molar-refractivity contribution in [3.63, 3.8) is 0 Å². The van der Waals surface area contributed by atoms with Crippen LogP contribution in [0.3, 0.4) is 0 Å². The summed E-state index contributed by atoms with van der Waals surface area (Å²) in [5, 5.41) is 3.29. The molecule has 0 bridgehead atoms. The molecule has 0 amide bonds. The van der Waals surface area contributed by atoms with E-state index in [-0.39, 0.29) is 11.9 Å². The van der Waals surface area contributed by atoms with E-state index in [0.717, 1.165) is 5.69 Å². The van der Waals surface area contributed by atoms with Gasteiger partial charge in [0.25, 0.3) is 0 Å². The van der Waals surface area contributed by atoms with E-state index >= 15 is 0 Å². The van der Waals surface area contributed by atoms with Gasteiger partial charge in [-0.25, -0.2) is 0 Å². The normalized spacial score (nSPS) is 15.2. The fraction of sp³-hybridized carbons (Fsp3) is 0.500. The molecule has 1 aromatic carbocycles. The first-order chi connectivity index (χ1) is 8.20. The number of esters is 1. The lowest BCUT2D eigenvalue weighted by molar-refractivity contribution is -0.144. The zero-order chi connectivity index (χ0) is 12.3. The van der Waals surface area contributed by atoms with Crippen molar-refractivity contribution in [2.45, 2.75) is 26.2 Å². The van der Waals surface area contributed by atoms with Gasteiger partial charge in [0.15, 0.2) is 0 Å². The third kappa shape index (κ3) is 2.78. The maximum Gasteiger partial charge on any atom is 0.310 e. The molecule has 0 fully saturated rings. The second kappa shape index (κ2) is 5.21. The Kier molecular flexibility index (Phi) is 3.67. The van der Waals surface area contributed by atoms with Gasteiger partial charge < -0.3 is 10.1 Å². The van der Waals surface area contributed by atoms with Crippen molar-refractivity contribution >= 4 is 11.7 Å². The molecule has 17 heavy (non-hydrogen) atoms. The molecule has 1 aromatic rings. The summed E-state index contributed by atoms with van der Waals surface area (Å²) in [5.74, 6) is -0.285. The molecule has 0 heterocycles. The van der Waals surface area contributed by atoms with Crippen LogP contribution in [0.2, 0.25) is 0 Å². The van der Waals surface area contributed by atoms with Crippen molar-refractivity contribution in [3.8, 4) is 0 Å². The average Bonchev–Trinajstić information content (AvgIpc) is 2.82. The molecule has 2 rings (SSSR count). The molecule has 0 aliphatic heterocycles. The predicted molar refractivity (Wildman–Crippen MR) is 68.1 cm³/mol. The van der Waals surface area contributed by atoms with Crippen molar-refractivity contribution in [2.75, 3.05) is 19.0 Å². The minimum absolute atomic E-state index is 0.117.